The monoisotopic (exact) mass is 603 g/mol. The van der Waals surface area contributed by atoms with Gasteiger partial charge in [-0.2, -0.15) is 5.10 Å². The number of hydrogen-bond donors (Lipinski definition) is 1. The first kappa shape index (κ1) is 24.6. The van der Waals surface area contributed by atoms with Crippen molar-refractivity contribution in [2.24, 2.45) is 7.05 Å². The minimum Gasteiger partial charge on any atom is -0.368 e. The van der Waals surface area contributed by atoms with Gasteiger partial charge >= 0.3 is 0 Å². The molecule has 2 aromatic carbocycles. The minimum absolute atomic E-state index is 0.0615. The largest absolute Gasteiger partial charge is 0.368 e. The van der Waals surface area contributed by atoms with Crippen molar-refractivity contribution >= 4 is 45.8 Å². The van der Waals surface area contributed by atoms with Crippen LogP contribution in [0.25, 0.3) is 11.1 Å². The number of fused-ring (bicyclic) bond motifs is 2. The lowest BCUT2D eigenvalue weighted by Crippen LogP contribution is -2.53. The molecule has 3 heterocycles. The van der Waals surface area contributed by atoms with E-state index in [4.69, 9.17) is 11.6 Å². The quantitative estimate of drug-likeness (QED) is 0.227. The molecule has 2 aliphatic rings. The van der Waals surface area contributed by atoms with E-state index in [0.717, 1.165) is 51.1 Å². The Bertz CT molecular complexity index is 1230. The van der Waals surface area contributed by atoms with Crippen molar-refractivity contribution in [2.75, 3.05) is 22.5 Å². The summed E-state index contributed by atoms with van der Waals surface area (Å²) >= 11 is 8.92. The van der Waals surface area contributed by atoms with Gasteiger partial charge in [-0.1, -0.05) is 40.3 Å². The zero-order valence-electron chi connectivity index (χ0n) is 20.3. The molecule has 0 saturated carbocycles. The number of carbonyl (C=O) groups excluding carboxylic acids is 1. The number of carbonyl (C=O) groups is 1. The van der Waals surface area contributed by atoms with Crippen LogP contribution in [-0.4, -0.2) is 50.3 Å². The third-order valence-corrected chi connectivity index (χ3v) is 8.41. The molecule has 1 N–H and O–H groups in total. The van der Waals surface area contributed by atoms with Crippen LogP contribution in [0.15, 0.2) is 48.8 Å². The molecule has 6 nitrogen and oxygen atoms in total. The molecule has 5 rings (SSSR count). The van der Waals surface area contributed by atoms with Crippen LogP contribution in [0.1, 0.15) is 47.3 Å². The number of alkyl halides is 1. The van der Waals surface area contributed by atoms with Gasteiger partial charge in [0.1, 0.15) is 0 Å². The summed E-state index contributed by atoms with van der Waals surface area (Å²) in [7, 11) is 1.89. The Morgan fingerprint density at radius 1 is 1.17 bits per heavy atom. The summed E-state index contributed by atoms with van der Waals surface area (Å²) in [5, 5.41) is 8.09. The third kappa shape index (κ3) is 5.08. The van der Waals surface area contributed by atoms with Crippen molar-refractivity contribution in [3.63, 3.8) is 0 Å². The Labute approximate surface area is 225 Å². The van der Waals surface area contributed by atoms with E-state index in [9.17, 15) is 4.79 Å². The lowest BCUT2D eigenvalue weighted by Gasteiger charge is -2.41. The van der Waals surface area contributed by atoms with Crippen LogP contribution in [-0.2, 0) is 7.05 Å². The molecule has 0 spiro atoms. The van der Waals surface area contributed by atoms with E-state index in [0.29, 0.717) is 17.1 Å². The van der Waals surface area contributed by atoms with E-state index in [1.54, 1.807) is 4.68 Å². The number of rotatable bonds is 6. The van der Waals surface area contributed by atoms with Crippen LogP contribution in [0.4, 0.5) is 5.69 Å². The van der Waals surface area contributed by atoms with E-state index in [1.165, 1.54) is 12.8 Å². The summed E-state index contributed by atoms with van der Waals surface area (Å²) in [4.78, 5) is 18.5. The van der Waals surface area contributed by atoms with Crippen molar-refractivity contribution in [1.29, 1.82) is 0 Å². The van der Waals surface area contributed by atoms with E-state index in [1.807, 2.05) is 45.4 Å². The predicted molar refractivity (Wildman–Crippen MR) is 150 cm³/mol. The first-order valence-electron chi connectivity index (χ1n) is 12.1. The first-order chi connectivity index (χ1) is 16.8. The predicted octanol–water partition coefficient (Wildman–Crippen LogP) is 5.59. The second-order valence-corrected chi connectivity index (χ2v) is 10.9. The Morgan fingerprint density at radius 3 is 2.57 bits per heavy atom. The van der Waals surface area contributed by atoms with E-state index in [2.05, 4.69) is 67.1 Å². The third-order valence-electron chi connectivity index (χ3n) is 7.41. The molecule has 0 aliphatic carbocycles. The summed E-state index contributed by atoms with van der Waals surface area (Å²) < 4.78 is 2.86. The van der Waals surface area contributed by atoms with E-state index in [-0.39, 0.29) is 11.9 Å². The van der Waals surface area contributed by atoms with Gasteiger partial charge in [-0.15, -0.1) is 0 Å². The smallest absolute Gasteiger partial charge is 0.252 e. The van der Waals surface area contributed by atoms with Crippen LogP contribution in [0.2, 0.25) is 5.02 Å². The Balaban J connectivity index is 1.33. The number of piperazine rings is 1. The Hall–Kier alpha value is -2.10. The van der Waals surface area contributed by atoms with Crippen molar-refractivity contribution in [1.82, 2.24) is 20.0 Å². The average Bonchev–Trinajstić information content (AvgIpc) is 3.38. The standard InChI is InChI=1S/C27H31ClIN5O/c1-17-4-5-23(33-14-24-6-7-25(15-33)34(24)16-29)11-26(17)27(35)31-18(2)19-8-20(10-22(28)9-19)21-12-30-32(3)13-21/h4-5,8-13,18,24-25H,6-7,14-16H2,1-3H3,(H,31,35)/t18-,24-,25+/m1/s1. The van der Waals surface area contributed by atoms with Crippen LogP contribution in [0.5, 0.6) is 0 Å². The van der Waals surface area contributed by atoms with Gasteiger partial charge in [-0.3, -0.25) is 14.4 Å². The molecule has 1 amide bonds. The fourth-order valence-corrected chi connectivity index (χ4v) is 6.76. The van der Waals surface area contributed by atoms with Gasteiger partial charge < -0.3 is 10.2 Å². The van der Waals surface area contributed by atoms with Crippen LogP contribution in [0.3, 0.4) is 0 Å². The summed E-state index contributed by atoms with van der Waals surface area (Å²) in [6.07, 6.45) is 6.31. The van der Waals surface area contributed by atoms with Crippen molar-refractivity contribution in [3.05, 3.63) is 70.5 Å². The first-order valence-corrected chi connectivity index (χ1v) is 14.0. The minimum atomic E-state index is -0.192. The highest BCUT2D eigenvalue weighted by atomic mass is 127. The second kappa shape index (κ2) is 10.1. The van der Waals surface area contributed by atoms with Gasteiger partial charge in [0.2, 0.25) is 0 Å². The number of hydrogen-bond acceptors (Lipinski definition) is 4. The Kier molecular flexibility index (Phi) is 7.10. The molecule has 0 radical (unpaired) electrons. The van der Waals surface area contributed by atoms with Gasteiger partial charge in [0.15, 0.2) is 0 Å². The second-order valence-electron chi connectivity index (χ2n) is 9.79. The topological polar surface area (TPSA) is 53.4 Å². The van der Waals surface area contributed by atoms with Gasteiger partial charge in [-0.05, 0) is 73.7 Å². The normalized spacial score (nSPS) is 20.8. The molecule has 184 valence electrons. The molecule has 3 aromatic rings. The number of nitrogens with one attached hydrogen (secondary N) is 1. The summed E-state index contributed by atoms with van der Waals surface area (Å²) in [6, 6.07) is 13.2. The molecule has 0 unspecified atom stereocenters. The zero-order valence-corrected chi connectivity index (χ0v) is 23.3. The van der Waals surface area contributed by atoms with Gasteiger partial charge in [0, 0.05) is 60.3 Å². The number of halogens is 2. The molecule has 1 aromatic heterocycles. The van der Waals surface area contributed by atoms with E-state index >= 15 is 0 Å². The SMILES string of the molecule is Cc1ccc(N2C[C@H]3CC[C@@H](C2)N3CI)cc1C(=O)N[C@H](C)c1cc(Cl)cc(-c2cnn(C)c2)c1. The number of aromatic nitrogens is 2. The van der Waals surface area contributed by atoms with Crippen molar-refractivity contribution in [2.45, 2.75) is 44.8 Å². The highest BCUT2D eigenvalue weighted by molar-refractivity contribution is 14.1. The number of aryl methyl sites for hydroxylation is 2. The molecule has 2 fully saturated rings. The number of anilines is 1. The molecule has 2 bridgehead atoms. The molecule has 3 atom stereocenters. The summed E-state index contributed by atoms with van der Waals surface area (Å²) in [5.74, 6) is -0.0615. The fourth-order valence-electron chi connectivity index (χ4n) is 5.40. The summed E-state index contributed by atoms with van der Waals surface area (Å²) in [6.45, 7) is 6.05. The maximum absolute atomic E-state index is 13.4. The maximum atomic E-state index is 13.4. The van der Waals surface area contributed by atoms with Gasteiger partial charge in [-0.25, -0.2) is 0 Å². The number of amides is 1. The highest BCUT2D eigenvalue weighted by Gasteiger charge is 2.39. The van der Waals surface area contributed by atoms with Crippen LogP contribution >= 0.6 is 34.2 Å². The molecule has 2 aliphatic heterocycles. The van der Waals surface area contributed by atoms with Crippen LogP contribution in [0, 0.1) is 6.92 Å². The fraction of sp³-hybridized carbons (Fsp3) is 0.407. The zero-order chi connectivity index (χ0) is 24.7. The molecule has 8 heteroatoms. The van der Waals surface area contributed by atoms with Crippen LogP contribution < -0.4 is 10.2 Å². The Morgan fingerprint density at radius 2 is 1.91 bits per heavy atom. The van der Waals surface area contributed by atoms with Gasteiger partial charge in [0.25, 0.3) is 5.91 Å². The van der Waals surface area contributed by atoms with Crippen molar-refractivity contribution in [3.8, 4) is 11.1 Å². The van der Waals surface area contributed by atoms with Crippen molar-refractivity contribution < 1.29 is 4.79 Å². The molecular formula is C27H31ClIN5O. The van der Waals surface area contributed by atoms with Gasteiger partial charge in [0.05, 0.1) is 16.8 Å². The lowest BCUT2D eigenvalue weighted by atomic mass is 10.0. The highest BCUT2D eigenvalue weighted by Crippen LogP contribution is 2.34. The van der Waals surface area contributed by atoms with E-state index < -0.39 is 0 Å². The molecule has 2 saturated heterocycles. The molecular weight excluding hydrogens is 573 g/mol. The number of benzene rings is 2. The average molecular weight is 604 g/mol. The summed E-state index contributed by atoms with van der Waals surface area (Å²) in [5.41, 5.74) is 5.79. The number of nitrogens with zero attached hydrogens (tertiary/aromatic N) is 4. The molecule has 35 heavy (non-hydrogen) atoms. The maximum Gasteiger partial charge on any atom is 0.252 e. The lowest BCUT2D eigenvalue weighted by molar-refractivity contribution is 0.0939.